The first kappa shape index (κ1) is 11.7. The van der Waals surface area contributed by atoms with Gasteiger partial charge < -0.3 is 5.73 Å². The van der Waals surface area contributed by atoms with E-state index in [2.05, 4.69) is 15.4 Å². The molecule has 5 nitrogen and oxygen atoms in total. The molecule has 0 bridgehead atoms. The van der Waals surface area contributed by atoms with Crippen LogP contribution in [0.5, 0.6) is 0 Å². The number of rotatable bonds is 3. The maximum absolute atomic E-state index is 13.7. The molecule has 1 atom stereocenters. The van der Waals surface area contributed by atoms with Crippen molar-refractivity contribution < 1.29 is 4.39 Å². The molecule has 0 spiro atoms. The number of nitrogens with two attached hydrogens (primary N) is 1. The van der Waals surface area contributed by atoms with Gasteiger partial charge in [-0.2, -0.15) is 4.80 Å². The second-order valence-electron chi connectivity index (χ2n) is 4.27. The summed E-state index contributed by atoms with van der Waals surface area (Å²) < 4.78 is 13.7. The van der Waals surface area contributed by atoms with Gasteiger partial charge in [-0.15, -0.1) is 10.2 Å². The molecule has 2 aromatic rings. The Hall–Kier alpha value is -1.82. The average Bonchev–Trinajstić information content (AvgIpc) is 2.63. The number of hydrogen-bond donors (Lipinski definition) is 1. The van der Waals surface area contributed by atoms with Crippen molar-refractivity contribution in [1.29, 1.82) is 0 Å². The lowest BCUT2D eigenvalue weighted by atomic mass is 9.89. The van der Waals surface area contributed by atoms with E-state index in [1.165, 1.54) is 10.9 Å². The monoisotopic (exact) mass is 235 g/mol. The Kier molecular flexibility index (Phi) is 2.89. The molecule has 0 saturated carbocycles. The quantitative estimate of drug-likeness (QED) is 0.853. The minimum Gasteiger partial charge on any atom is -0.321 e. The summed E-state index contributed by atoms with van der Waals surface area (Å²) in [5.74, 6) is 0.183. The number of tetrazole rings is 1. The molecule has 1 heterocycles. The van der Waals surface area contributed by atoms with Gasteiger partial charge in [0, 0.05) is 17.5 Å². The van der Waals surface area contributed by atoms with E-state index in [0.717, 1.165) is 0 Å². The van der Waals surface area contributed by atoms with Crippen molar-refractivity contribution in [2.75, 3.05) is 0 Å². The van der Waals surface area contributed by atoms with Crippen LogP contribution in [0.15, 0.2) is 24.3 Å². The molecule has 2 rings (SSSR count). The predicted molar refractivity (Wildman–Crippen MR) is 60.4 cm³/mol. The molecule has 1 aromatic carbocycles. The van der Waals surface area contributed by atoms with Crippen molar-refractivity contribution in [1.82, 2.24) is 20.2 Å². The summed E-state index contributed by atoms with van der Waals surface area (Å²) in [6, 6.07) is 6.46. The number of aromatic nitrogens is 4. The van der Waals surface area contributed by atoms with Crippen LogP contribution in [-0.4, -0.2) is 20.2 Å². The second-order valence-corrected chi connectivity index (χ2v) is 4.27. The van der Waals surface area contributed by atoms with Gasteiger partial charge in [0.1, 0.15) is 5.82 Å². The second kappa shape index (κ2) is 4.21. The van der Waals surface area contributed by atoms with Gasteiger partial charge in [0.2, 0.25) is 0 Å². The Morgan fingerprint density at radius 1 is 1.41 bits per heavy atom. The van der Waals surface area contributed by atoms with E-state index >= 15 is 0 Å². The predicted octanol–water partition coefficient (Wildman–Crippen LogP) is 0.766. The normalized spacial score (nSPS) is 14.6. The highest BCUT2D eigenvalue weighted by atomic mass is 19.1. The van der Waals surface area contributed by atoms with Gasteiger partial charge in [0.15, 0.2) is 5.82 Å². The molecule has 17 heavy (non-hydrogen) atoms. The average molecular weight is 235 g/mol. The highest BCUT2D eigenvalue weighted by molar-refractivity contribution is 5.26. The van der Waals surface area contributed by atoms with Crippen LogP contribution in [0.25, 0.3) is 0 Å². The molecule has 0 saturated heterocycles. The van der Waals surface area contributed by atoms with E-state index in [1.807, 2.05) is 0 Å². The summed E-state index contributed by atoms with van der Waals surface area (Å²) in [6.45, 7) is 1.75. The minimum atomic E-state index is -0.853. The molecule has 0 aliphatic carbocycles. The molecule has 0 amide bonds. The fraction of sp³-hybridized carbons (Fsp3) is 0.364. The van der Waals surface area contributed by atoms with Gasteiger partial charge in [-0.05, 0) is 18.2 Å². The molecule has 90 valence electrons. The molecule has 1 unspecified atom stereocenters. The van der Waals surface area contributed by atoms with Crippen molar-refractivity contribution in [3.63, 3.8) is 0 Å². The van der Waals surface area contributed by atoms with Crippen molar-refractivity contribution in [3.05, 3.63) is 41.5 Å². The number of halogens is 1. The first-order valence-corrected chi connectivity index (χ1v) is 5.26. The van der Waals surface area contributed by atoms with E-state index in [9.17, 15) is 4.39 Å². The van der Waals surface area contributed by atoms with Gasteiger partial charge >= 0.3 is 0 Å². The molecule has 0 fully saturated rings. The smallest absolute Gasteiger partial charge is 0.176 e. The van der Waals surface area contributed by atoms with Crippen LogP contribution in [0.1, 0.15) is 18.3 Å². The summed E-state index contributed by atoms with van der Waals surface area (Å²) in [5, 5.41) is 11.6. The first-order chi connectivity index (χ1) is 7.99. The van der Waals surface area contributed by atoms with Crippen molar-refractivity contribution >= 4 is 0 Å². The summed E-state index contributed by atoms with van der Waals surface area (Å²) in [7, 11) is 1.67. The Morgan fingerprint density at radius 2 is 2.12 bits per heavy atom. The van der Waals surface area contributed by atoms with E-state index in [1.54, 1.807) is 32.2 Å². The van der Waals surface area contributed by atoms with Crippen LogP contribution < -0.4 is 5.73 Å². The highest BCUT2D eigenvalue weighted by Gasteiger charge is 2.26. The third-order valence-corrected chi connectivity index (χ3v) is 2.56. The Morgan fingerprint density at radius 3 is 2.71 bits per heavy atom. The minimum absolute atomic E-state index is 0.318. The summed E-state index contributed by atoms with van der Waals surface area (Å²) in [4.78, 5) is 1.35. The number of aryl methyl sites for hydroxylation is 1. The maximum atomic E-state index is 13.7. The van der Waals surface area contributed by atoms with Crippen LogP contribution >= 0.6 is 0 Å². The number of hydrogen-bond acceptors (Lipinski definition) is 4. The van der Waals surface area contributed by atoms with Crippen LogP contribution in [0.3, 0.4) is 0 Å². The Bertz CT molecular complexity index is 520. The molecular weight excluding hydrogens is 221 g/mol. The molecule has 0 aliphatic heterocycles. The molecule has 2 N–H and O–H groups in total. The van der Waals surface area contributed by atoms with E-state index < -0.39 is 5.54 Å². The van der Waals surface area contributed by atoms with Gasteiger partial charge in [-0.3, -0.25) is 0 Å². The van der Waals surface area contributed by atoms with Gasteiger partial charge in [0.25, 0.3) is 0 Å². The largest absolute Gasteiger partial charge is 0.321 e. The summed E-state index contributed by atoms with van der Waals surface area (Å²) >= 11 is 0. The molecule has 0 aliphatic rings. The summed E-state index contributed by atoms with van der Waals surface area (Å²) in [5.41, 5.74) is 5.72. The lowest BCUT2D eigenvalue weighted by Crippen LogP contribution is -2.36. The van der Waals surface area contributed by atoms with Crippen molar-refractivity contribution in [2.24, 2.45) is 12.8 Å². The number of nitrogens with zero attached hydrogens (tertiary/aromatic N) is 4. The fourth-order valence-electron chi connectivity index (χ4n) is 1.74. The zero-order valence-electron chi connectivity index (χ0n) is 9.76. The van der Waals surface area contributed by atoms with E-state index in [-0.39, 0.29) is 5.82 Å². The lowest BCUT2D eigenvalue weighted by Gasteiger charge is -2.23. The molecule has 6 heteroatoms. The maximum Gasteiger partial charge on any atom is 0.176 e. The van der Waals surface area contributed by atoms with Crippen LogP contribution in [-0.2, 0) is 19.0 Å². The zero-order valence-corrected chi connectivity index (χ0v) is 9.76. The Balaban J connectivity index is 2.27. The van der Waals surface area contributed by atoms with Crippen LogP contribution in [0.2, 0.25) is 0 Å². The van der Waals surface area contributed by atoms with E-state index in [4.69, 9.17) is 5.73 Å². The number of benzene rings is 1. The topological polar surface area (TPSA) is 69.6 Å². The third-order valence-electron chi connectivity index (χ3n) is 2.56. The lowest BCUT2D eigenvalue weighted by molar-refractivity contribution is 0.446. The molecule has 1 aromatic heterocycles. The molecular formula is C11H14FN5. The van der Waals surface area contributed by atoms with Gasteiger partial charge in [-0.25, -0.2) is 4.39 Å². The van der Waals surface area contributed by atoms with Gasteiger partial charge in [-0.1, -0.05) is 18.2 Å². The van der Waals surface area contributed by atoms with Gasteiger partial charge in [0.05, 0.1) is 7.05 Å². The van der Waals surface area contributed by atoms with E-state index in [0.29, 0.717) is 17.8 Å². The third kappa shape index (κ3) is 2.47. The van der Waals surface area contributed by atoms with Crippen LogP contribution in [0.4, 0.5) is 4.39 Å². The SMILES string of the molecule is Cn1nnc(CC(C)(N)c2ccccc2F)n1. The van der Waals surface area contributed by atoms with Crippen LogP contribution in [0, 0.1) is 5.82 Å². The first-order valence-electron chi connectivity index (χ1n) is 5.26. The highest BCUT2D eigenvalue weighted by Crippen LogP contribution is 2.23. The van der Waals surface area contributed by atoms with Crippen molar-refractivity contribution in [3.8, 4) is 0 Å². The van der Waals surface area contributed by atoms with Crippen molar-refractivity contribution in [2.45, 2.75) is 18.9 Å². The zero-order chi connectivity index (χ0) is 12.5. The standard InChI is InChI=1S/C11H14FN5/c1-11(13,7-10-14-16-17(2)15-10)8-5-3-4-6-9(8)12/h3-6H,7,13H2,1-2H3. The Labute approximate surface area is 98.4 Å². The fourth-order valence-corrected chi connectivity index (χ4v) is 1.74. The molecule has 0 radical (unpaired) electrons. The summed E-state index contributed by atoms with van der Waals surface area (Å²) in [6.07, 6.45) is 0.335.